The number of nitrogens with two attached hydrogens (primary N) is 1. The van der Waals surface area contributed by atoms with E-state index in [1.807, 2.05) is 12.1 Å². The lowest BCUT2D eigenvalue weighted by molar-refractivity contribution is 0.0951. The Kier molecular flexibility index (Phi) is 6.22. The van der Waals surface area contributed by atoms with Crippen LogP contribution in [-0.4, -0.2) is 43.3 Å². The second-order valence-electron chi connectivity index (χ2n) is 7.28. The van der Waals surface area contributed by atoms with E-state index in [1.165, 1.54) is 12.3 Å². The Hall–Kier alpha value is -2.94. The number of nitrogen functional groups attached to an aromatic ring is 1. The molecule has 1 saturated heterocycles. The second-order valence-corrected chi connectivity index (χ2v) is 8.07. The minimum Gasteiger partial charge on any atom is -0.491 e. The van der Waals surface area contributed by atoms with Crippen LogP contribution in [0.15, 0.2) is 47.1 Å². The highest BCUT2D eigenvalue weighted by Gasteiger charge is 2.31. The number of amides is 1. The zero-order valence-corrected chi connectivity index (χ0v) is 18.2. The molecular weight excluding hydrogens is 470 g/mol. The number of pyridine rings is 1. The number of benzene rings is 2. The number of hydrogen-bond donors (Lipinski definition) is 2. The molecule has 0 radical (unpaired) electrons. The van der Waals surface area contributed by atoms with Gasteiger partial charge in [-0.15, -0.1) is 0 Å². The van der Waals surface area contributed by atoms with E-state index < -0.39 is 12.0 Å². The van der Waals surface area contributed by atoms with Gasteiger partial charge in [0.1, 0.15) is 17.7 Å². The number of rotatable bonds is 7. The van der Waals surface area contributed by atoms with E-state index in [1.54, 1.807) is 23.1 Å². The first kappa shape index (κ1) is 21.3. The van der Waals surface area contributed by atoms with Crippen molar-refractivity contribution >= 4 is 44.1 Å². The zero-order chi connectivity index (χ0) is 22.0. The lowest BCUT2D eigenvalue weighted by Gasteiger charge is -2.38. The van der Waals surface area contributed by atoms with Crippen LogP contribution < -0.4 is 20.7 Å². The summed E-state index contributed by atoms with van der Waals surface area (Å²) in [5.41, 5.74) is 7.67. The molecule has 2 aromatic carbocycles. The van der Waals surface area contributed by atoms with Crippen molar-refractivity contribution in [1.29, 1.82) is 0 Å². The third kappa shape index (κ3) is 4.41. The van der Waals surface area contributed by atoms with Crippen molar-refractivity contribution in [3.63, 3.8) is 0 Å². The van der Waals surface area contributed by atoms with Gasteiger partial charge in [-0.2, -0.15) is 0 Å². The highest BCUT2D eigenvalue weighted by molar-refractivity contribution is 9.10. The summed E-state index contributed by atoms with van der Waals surface area (Å²) in [6.45, 7) is 1.13. The molecule has 0 aliphatic carbocycles. The van der Waals surface area contributed by atoms with Crippen LogP contribution in [0.25, 0.3) is 10.9 Å². The van der Waals surface area contributed by atoms with Gasteiger partial charge in [-0.3, -0.25) is 9.78 Å². The average molecular weight is 491 g/mol. The number of carbonyl (C=O) groups excluding carboxylic acids is 1. The quantitative estimate of drug-likeness (QED) is 0.385. The van der Waals surface area contributed by atoms with Crippen molar-refractivity contribution in [3.05, 3.63) is 58.4 Å². The van der Waals surface area contributed by atoms with E-state index in [2.05, 4.69) is 26.2 Å². The fourth-order valence-electron chi connectivity index (χ4n) is 3.47. The highest BCUT2D eigenvalue weighted by atomic mass is 79.9. The van der Waals surface area contributed by atoms with Crippen molar-refractivity contribution in [2.75, 3.05) is 36.9 Å². The molecule has 0 spiro atoms. The number of nitrogens with one attached hydrogen (secondary N) is 1. The van der Waals surface area contributed by atoms with Crippen molar-refractivity contribution in [2.45, 2.75) is 12.6 Å². The molecule has 0 atom stereocenters. The summed E-state index contributed by atoms with van der Waals surface area (Å²) in [6.07, 6.45) is 1.03. The molecular formula is C22H21BrF2N4O2. The van der Waals surface area contributed by atoms with E-state index in [-0.39, 0.29) is 23.5 Å². The largest absolute Gasteiger partial charge is 0.491 e. The Labute approximate surface area is 186 Å². The molecule has 0 unspecified atom stereocenters. The van der Waals surface area contributed by atoms with Gasteiger partial charge in [-0.05, 0) is 46.6 Å². The number of fused-ring (bicyclic) bond motifs is 1. The second kappa shape index (κ2) is 9.05. The molecule has 9 heteroatoms. The molecule has 1 aliphatic rings. The van der Waals surface area contributed by atoms with Crippen molar-refractivity contribution in [1.82, 2.24) is 10.3 Å². The molecule has 1 aliphatic heterocycles. The van der Waals surface area contributed by atoms with E-state index >= 15 is 0 Å². The summed E-state index contributed by atoms with van der Waals surface area (Å²) >= 11 is 3.21. The Morgan fingerprint density at radius 2 is 2.06 bits per heavy atom. The number of carbonyl (C=O) groups is 1. The molecule has 1 aromatic heterocycles. The molecule has 2 heterocycles. The number of nitrogens with zero attached hydrogens (tertiary/aromatic N) is 2. The standard InChI is InChI=1S/C22H21BrF2N4O2/c23-19-16(25)7-6-14-20(19)28-10-15(21(14)29-11-13(24)12-29)22(30)27-8-3-9-31-18-5-2-1-4-17(18)26/h1-2,4-7,10,13H,3,8-9,11-12,26H2,(H,27,30). The number of halogens is 3. The van der Waals surface area contributed by atoms with Crippen LogP contribution in [0, 0.1) is 5.82 Å². The molecule has 1 fully saturated rings. The van der Waals surface area contributed by atoms with Gasteiger partial charge in [-0.1, -0.05) is 12.1 Å². The van der Waals surface area contributed by atoms with Crippen LogP contribution >= 0.6 is 15.9 Å². The Morgan fingerprint density at radius 3 is 2.81 bits per heavy atom. The van der Waals surface area contributed by atoms with Gasteiger partial charge in [0.05, 0.1) is 46.6 Å². The van der Waals surface area contributed by atoms with E-state index in [0.29, 0.717) is 53.2 Å². The summed E-state index contributed by atoms with van der Waals surface area (Å²) in [4.78, 5) is 18.9. The van der Waals surface area contributed by atoms with Crippen molar-refractivity contribution < 1.29 is 18.3 Å². The number of anilines is 2. The van der Waals surface area contributed by atoms with E-state index in [9.17, 15) is 13.6 Å². The zero-order valence-electron chi connectivity index (χ0n) is 16.6. The molecule has 3 aromatic rings. The van der Waals surface area contributed by atoms with Crippen LogP contribution in [0.4, 0.5) is 20.2 Å². The van der Waals surface area contributed by atoms with Crippen LogP contribution in [0.1, 0.15) is 16.8 Å². The van der Waals surface area contributed by atoms with E-state index in [4.69, 9.17) is 10.5 Å². The van der Waals surface area contributed by atoms with Gasteiger partial charge in [-0.25, -0.2) is 8.78 Å². The maximum Gasteiger partial charge on any atom is 0.254 e. The topological polar surface area (TPSA) is 80.5 Å². The van der Waals surface area contributed by atoms with Gasteiger partial charge in [0.15, 0.2) is 0 Å². The van der Waals surface area contributed by atoms with Crippen molar-refractivity contribution in [2.24, 2.45) is 0 Å². The minimum absolute atomic E-state index is 0.181. The molecule has 1 amide bonds. The molecule has 31 heavy (non-hydrogen) atoms. The fraction of sp³-hybridized carbons (Fsp3) is 0.273. The van der Waals surface area contributed by atoms with Gasteiger partial charge in [0.2, 0.25) is 0 Å². The van der Waals surface area contributed by atoms with Gasteiger partial charge >= 0.3 is 0 Å². The number of aromatic nitrogens is 1. The number of alkyl halides is 1. The first-order valence-corrected chi connectivity index (χ1v) is 10.7. The van der Waals surface area contributed by atoms with Crippen LogP contribution in [-0.2, 0) is 0 Å². The first-order chi connectivity index (χ1) is 15.0. The lowest BCUT2D eigenvalue weighted by Crippen LogP contribution is -2.49. The monoisotopic (exact) mass is 490 g/mol. The number of hydrogen-bond acceptors (Lipinski definition) is 5. The summed E-state index contributed by atoms with van der Waals surface area (Å²) in [5.74, 6) is -0.174. The molecule has 0 saturated carbocycles. The minimum atomic E-state index is -0.953. The maximum absolute atomic E-state index is 13.9. The third-order valence-corrected chi connectivity index (χ3v) is 5.84. The van der Waals surface area contributed by atoms with Crippen LogP contribution in [0.2, 0.25) is 0 Å². The Balaban J connectivity index is 1.46. The van der Waals surface area contributed by atoms with Gasteiger partial charge in [0, 0.05) is 18.1 Å². The average Bonchev–Trinajstić information content (AvgIpc) is 2.74. The van der Waals surface area contributed by atoms with Gasteiger partial charge in [0.25, 0.3) is 5.91 Å². The predicted octanol–water partition coefficient (Wildman–Crippen LogP) is 4.08. The molecule has 3 N–H and O–H groups in total. The smallest absolute Gasteiger partial charge is 0.254 e. The SMILES string of the molecule is Nc1ccccc1OCCCNC(=O)c1cnc2c(Br)c(F)ccc2c1N1CC(F)C1. The predicted molar refractivity (Wildman–Crippen MR) is 120 cm³/mol. The number of para-hydroxylation sites is 2. The fourth-order valence-corrected chi connectivity index (χ4v) is 3.92. The molecule has 6 nitrogen and oxygen atoms in total. The van der Waals surface area contributed by atoms with Crippen molar-refractivity contribution in [3.8, 4) is 5.75 Å². The third-order valence-electron chi connectivity index (χ3n) is 5.08. The van der Waals surface area contributed by atoms with Gasteiger partial charge < -0.3 is 20.7 Å². The summed E-state index contributed by atoms with van der Waals surface area (Å²) < 4.78 is 33.3. The Morgan fingerprint density at radius 1 is 1.29 bits per heavy atom. The highest BCUT2D eigenvalue weighted by Crippen LogP contribution is 2.36. The molecule has 162 valence electrons. The normalized spacial score (nSPS) is 13.8. The van der Waals surface area contributed by atoms with Crippen LogP contribution in [0.3, 0.4) is 0 Å². The molecule has 4 rings (SSSR count). The first-order valence-electron chi connectivity index (χ1n) is 9.87. The summed E-state index contributed by atoms with van der Waals surface area (Å²) in [7, 11) is 0. The molecule has 0 bridgehead atoms. The van der Waals surface area contributed by atoms with E-state index in [0.717, 1.165) is 0 Å². The lowest BCUT2D eigenvalue weighted by atomic mass is 10.0. The summed E-state index contributed by atoms with van der Waals surface area (Å²) in [6, 6.07) is 10.1. The number of ether oxygens (including phenoxy) is 1. The van der Waals surface area contributed by atoms with Crippen LogP contribution in [0.5, 0.6) is 5.75 Å². The summed E-state index contributed by atoms with van der Waals surface area (Å²) in [5, 5.41) is 3.44. The Bertz CT molecular complexity index is 1120. The maximum atomic E-state index is 13.9.